The summed E-state index contributed by atoms with van der Waals surface area (Å²) < 4.78 is 1.83. The summed E-state index contributed by atoms with van der Waals surface area (Å²) in [5.41, 5.74) is 3.00. The quantitative estimate of drug-likeness (QED) is 0.785. The number of amides is 3. The van der Waals surface area contributed by atoms with Crippen molar-refractivity contribution in [2.75, 3.05) is 5.32 Å². The van der Waals surface area contributed by atoms with Crippen LogP contribution in [0.5, 0.6) is 0 Å². The molecule has 140 valence electrons. The van der Waals surface area contributed by atoms with Crippen LogP contribution in [0.4, 0.5) is 10.5 Å². The minimum atomic E-state index is -0.591. The van der Waals surface area contributed by atoms with E-state index in [2.05, 4.69) is 21.0 Å². The molecule has 1 atom stereocenters. The molecule has 0 saturated heterocycles. The van der Waals surface area contributed by atoms with Crippen molar-refractivity contribution >= 4 is 17.6 Å². The van der Waals surface area contributed by atoms with Crippen LogP contribution < -0.4 is 16.0 Å². The molecule has 1 aromatic carbocycles. The van der Waals surface area contributed by atoms with E-state index in [-0.39, 0.29) is 0 Å². The molecule has 3 N–H and O–H groups in total. The van der Waals surface area contributed by atoms with Crippen LogP contribution in [0.25, 0.3) is 5.69 Å². The standard InChI is InChI=1S/C19H27N5O2/c1-12-16(14(3)24(23-12)15-10-8-7-9-11-15)20-13(2)17(25)21-18(26)22-19(4,5)6/h7-11,13,20H,1-6H3,(H2,21,22,25,26). The van der Waals surface area contributed by atoms with Gasteiger partial charge in [0, 0.05) is 5.54 Å². The summed E-state index contributed by atoms with van der Waals surface area (Å²) in [5.74, 6) is -0.405. The molecule has 0 aliphatic heterocycles. The number of nitrogens with one attached hydrogen (secondary N) is 3. The Morgan fingerprint density at radius 2 is 1.73 bits per heavy atom. The molecule has 0 saturated carbocycles. The van der Waals surface area contributed by atoms with Gasteiger partial charge in [-0.15, -0.1) is 0 Å². The first kappa shape index (κ1) is 19.5. The Morgan fingerprint density at radius 3 is 2.31 bits per heavy atom. The Labute approximate surface area is 154 Å². The zero-order valence-corrected chi connectivity index (χ0v) is 16.2. The van der Waals surface area contributed by atoms with Crippen LogP contribution in [0.1, 0.15) is 39.1 Å². The van der Waals surface area contributed by atoms with E-state index in [0.29, 0.717) is 0 Å². The first-order valence-electron chi connectivity index (χ1n) is 8.59. The van der Waals surface area contributed by atoms with E-state index in [4.69, 9.17) is 0 Å². The van der Waals surface area contributed by atoms with Gasteiger partial charge in [-0.25, -0.2) is 9.48 Å². The molecule has 1 aromatic heterocycles. The van der Waals surface area contributed by atoms with Gasteiger partial charge in [0.05, 0.1) is 22.8 Å². The third-order valence-corrected chi connectivity index (χ3v) is 3.77. The van der Waals surface area contributed by atoms with Crippen molar-refractivity contribution in [3.8, 4) is 5.69 Å². The zero-order valence-electron chi connectivity index (χ0n) is 16.2. The number of hydrogen-bond donors (Lipinski definition) is 3. The number of nitrogens with zero attached hydrogens (tertiary/aromatic N) is 2. The largest absolute Gasteiger partial charge is 0.371 e. The monoisotopic (exact) mass is 357 g/mol. The fourth-order valence-electron chi connectivity index (χ4n) is 2.55. The highest BCUT2D eigenvalue weighted by molar-refractivity contribution is 5.98. The van der Waals surface area contributed by atoms with Crippen LogP contribution in [0.2, 0.25) is 0 Å². The van der Waals surface area contributed by atoms with Gasteiger partial charge in [-0.05, 0) is 53.7 Å². The molecule has 1 heterocycles. The van der Waals surface area contributed by atoms with Crippen molar-refractivity contribution in [3.63, 3.8) is 0 Å². The number of carbonyl (C=O) groups is 2. The molecule has 0 spiro atoms. The summed E-state index contributed by atoms with van der Waals surface area (Å²) in [4.78, 5) is 24.1. The highest BCUT2D eigenvalue weighted by Crippen LogP contribution is 2.23. The molecule has 1 unspecified atom stereocenters. The van der Waals surface area contributed by atoms with Crippen LogP contribution in [-0.2, 0) is 4.79 Å². The number of rotatable bonds is 4. The van der Waals surface area contributed by atoms with Gasteiger partial charge in [0.1, 0.15) is 6.04 Å². The van der Waals surface area contributed by atoms with Gasteiger partial charge in [0.2, 0.25) is 5.91 Å². The van der Waals surface area contributed by atoms with Gasteiger partial charge in [0.15, 0.2) is 0 Å². The average Bonchev–Trinajstić information content (AvgIpc) is 2.81. The zero-order chi connectivity index (χ0) is 19.5. The lowest BCUT2D eigenvalue weighted by molar-refractivity contribution is -0.120. The molecule has 26 heavy (non-hydrogen) atoms. The van der Waals surface area contributed by atoms with E-state index >= 15 is 0 Å². The maximum absolute atomic E-state index is 12.3. The summed E-state index contributed by atoms with van der Waals surface area (Å²) in [6, 6.07) is 8.68. The Morgan fingerprint density at radius 1 is 1.12 bits per heavy atom. The lowest BCUT2D eigenvalue weighted by atomic mass is 10.1. The Bertz CT molecular complexity index is 790. The highest BCUT2D eigenvalue weighted by Gasteiger charge is 2.21. The van der Waals surface area contributed by atoms with E-state index in [1.165, 1.54) is 0 Å². The summed E-state index contributed by atoms with van der Waals surface area (Å²) in [5, 5.41) is 12.8. The molecule has 0 aliphatic carbocycles. The Hall–Kier alpha value is -2.83. The fraction of sp³-hybridized carbons (Fsp3) is 0.421. The maximum Gasteiger partial charge on any atom is 0.321 e. The second kappa shape index (κ2) is 7.59. The van der Waals surface area contributed by atoms with Crippen LogP contribution in [0.15, 0.2) is 30.3 Å². The number of aromatic nitrogens is 2. The number of imide groups is 1. The van der Waals surface area contributed by atoms with Gasteiger partial charge in [0.25, 0.3) is 0 Å². The normalized spacial score (nSPS) is 12.4. The molecule has 3 amide bonds. The summed E-state index contributed by atoms with van der Waals surface area (Å²) >= 11 is 0. The van der Waals surface area contributed by atoms with Gasteiger partial charge in [-0.1, -0.05) is 18.2 Å². The van der Waals surface area contributed by atoms with Crippen molar-refractivity contribution in [2.24, 2.45) is 0 Å². The predicted octanol–water partition coefficient (Wildman–Crippen LogP) is 2.91. The van der Waals surface area contributed by atoms with Crippen LogP contribution in [0, 0.1) is 13.8 Å². The van der Waals surface area contributed by atoms with E-state index in [9.17, 15) is 9.59 Å². The van der Waals surface area contributed by atoms with E-state index < -0.39 is 23.5 Å². The van der Waals surface area contributed by atoms with Crippen LogP contribution in [0.3, 0.4) is 0 Å². The van der Waals surface area contributed by atoms with Gasteiger partial charge in [-0.3, -0.25) is 10.1 Å². The van der Waals surface area contributed by atoms with Gasteiger partial charge >= 0.3 is 6.03 Å². The summed E-state index contributed by atoms with van der Waals surface area (Å²) in [7, 11) is 0. The van der Waals surface area contributed by atoms with E-state index in [1.807, 2.05) is 69.6 Å². The number of carbonyl (C=O) groups excluding carboxylic acids is 2. The predicted molar refractivity (Wildman–Crippen MR) is 103 cm³/mol. The van der Waals surface area contributed by atoms with Crippen molar-refractivity contribution in [2.45, 2.75) is 53.1 Å². The maximum atomic E-state index is 12.3. The molecule has 7 nitrogen and oxygen atoms in total. The van der Waals surface area contributed by atoms with Crippen LogP contribution >= 0.6 is 0 Å². The number of benzene rings is 1. The second-order valence-corrected chi connectivity index (χ2v) is 7.35. The average molecular weight is 357 g/mol. The molecule has 2 aromatic rings. The van der Waals surface area contributed by atoms with Gasteiger partial charge < -0.3 is 10.6 Å². The first-order chi connectivity index (χ1) is 12.1. The second-order valence-electron chi connectivity index (χ2n) is 7.35. The first-order valence-corrected chi connectivity index (χ1v) is 8.59. The minimum Gasteiger partial charge on any atom is -0.371 e. The number of urea groups is 1. The topological polar surface area (TPSA) is 88.1 Å². The number of hydrogen-bond acceptors (Lipinski definition) is 4. The summed E-state index contributed by atoms with van der Waals surface area (Å²) in [6.07, 6.45) is 0. The van der Waals surface area contributed by atoms with Crippen molar-refractivity contribution in [1.82, 2.24) is 20.4 Å². The van der Waals surface area contributed by atoms with Crippen molar-refractivity contribution < 1.29 is 9.59 Å². The SMILES string of the molecule is Cc1nn(-c2ccccc2)c(C)c1NC(C)C(=O)NC(=O)NC(C)(C)C. The molecule has 0 fully saturated rings. The third-order valence-electron chi connectivity index (χ3n) is 3.77. The third kappa shape index (κ3) is 4.84. The van der Waals surface area contributed by atoms with E-state index in [0.717, 1.165) is 22.8 Å². The minimum absolute atomic E-state index is 0.405. The van der Waals surface area contributed by atoms with Crippen molar-refractivity contribution in [1.29, 1.82) is 0 Å². The van der Waals surface area contributed by atoms with Crippen LogP contribution in [-0.4, -0.2) is 33.3 Å². The fourth-order valence-corrected chi connectivity index (χ4v) is 2.55. The summed E-state index contributed by atoms with van der Waals surface area (Å²) in [6.45, 7) is 11.1. The van der Waals surface area contributed by atoms with Crippen molar-refractivity contribution in [3.05, 3.63) is 41.7 Å². The van der Waals surface area contributed by atoms with E-state index in [1.54, 1.807) is 6.92 Å². The smallest absolute Gasteiger partial charge is 0.321 e. The molecule has 0 radical (unpaired) electrons. The highest BCUT2D eigenvalue weighted by atomic mass is 16.2. The lowest BCUT2D eigenvalue weighted by Gasteiger charge is -2.21. The van der Waals surface area contributed by atoms with Gasteiger partial charge in [-0.2, -0.15) is 5.10 Å². The molecule has 0 bridgehead atoms. The Kier molecular flexibility index (Phi) is 5.69. The number of anilines is 1. The number of aryl methyl sites for hydroxylation is 1. The lowest BCUT2D eigenvalue weighted by Crippen LogP contribution is -2.51. The molecule has 2 rings (SSSR count). The Balaban J connectivity index is 2.10. The molecular weight excluding hydrogens is 330 g/mol. The molecule has 7 heteroatoms. The molecular formula is C19H27N5O2. The number of para-hydroxylation sites is 1. The molecule has 0 aliphatic rings.